The quantitative estimate of drug-likeness (QED) is 0.448. The van der Waals surface area contributed by atoms with Crippen LogP contribution in [0, 0.1) is 35.4 Å². The number of benzene rings is 1. The van der Waals surface area contributed by atoms with E-state index in [-0.39, 0.29) is 11.6 Å². The monoisotopic (exact) mass is 472 g/mol. The Kier molecular flexibility index (Phi) is 5.82. The van der Waals surface area contributed by atoms with E-state index in [4.69, 9.17) is 0 Å². The fourth-order valence-corrected chi connectivity index (χ4v) is 5.68. The molecule has 34 heavy (non-hydrogen) atoms. The molecule has 0 amide bonds. The van der Waals surface area contributed by atoms with E-state index in [1.54, 1.807) is 16.8 Å². The smallest absolute Gasteiger partial charge is 0.124 e. The highest BCUT2D eigenvalue weighted by atomic mass is 32.2. The minimum Gasteiger partial charge on any atom is -0.391 e. The summed E-state index contributed by atoms with van der Waals surface area (Å²) in [4.78, 5) is 1.31. The molecule has 1 saturated carbocycles. The molecule has 9 heteroatoms. The first-order chi connectivity index (χ1) is 16.5. The first-order valence-electron chi connectivity index (χ1n) is 11.0. The molecular formula is C25H21FN6OS. The summed E-state index contributed by atoms with van der Waals surface area (Å²) in [5.41, 5.74) is 3.94. The molecule has 1 N–H and O–H groups in total. The van der Waals surface area contributed by atoms with E-state index in [1.165, 1.54) is 30.1 Å². The molecule has 0 aliphatic heterocycles. The van der Waals surface area contributed by atoms with Crippen LogP contribution >= 0.6 is 11.8 Å². The zero-order valence-electron chi connectivity index (χ0n) is 18.4. The minimum atomic E-state index is -0.477. The largest absolute Gasteiger partial charge is 0.391 e. The number of hydrogen-bond acceptors (Lipinski definition) is 6. The van der Waals surface area contributed by atoms with Gasteiger partial charge in [0, 0.05) is 32.8 Å². The number of aromatic nitrogens is 4. The van der Waals surface area contributed by atoms with Crippen LogP contribution in [-0.2, 0) is 0 Å². The number of pyridine rings is 1. The zero-order valence-corrected chi connectivity index (χ0v) is 19.3. The van der Waals surface area contributed by atoms with Gasteiger partial charge in [0.2, 0.25) is 0 Å². The second-order valence-corrected chi connectivity index (χ2v) is 9.50. The minimum absolute atomic E-state index is 0.0487. The van der Waals surface area contributed by atoms with E-state index < -0.39 is 11.9 Å². The summed E-state index contributed by atoms with van der Waals surface area (Å²) in [5.74, 6) is -0.477. The van der Waals surface area contributed by atoms with Gasteiger partial charge in [-0.3, -0.25) is 4.68 Å². The Labute approximate surface area is 200 Å². The van der Waals surface area contributed by atoms with Gasteiger partial charge >= 0.3 is 0 Å². The molecule has 0 bridgehead atoms. The highest BCUT2D eigenvalue weighted by Gasteiger charge is 2.27. The molecule has 1 aliphatic rings. The average molecular weight is 473 g/mol. The Hall–Kier alpha value is -3.66. The van der Waals surface area contributed by atoms with Gasteiger partial charge in [-0.1, -0.05) is 24.6 Å². The molecule has 0 saturated heterocycles. The number of nitrogens with zero attached hydrogens (tertiary/aromatic N) is 6. The third-order valence-corrected chi connectivity index (χ3v) is 7.45. The fourth-order valence-electron chi connectivity index (χ4n) is 4.61. The first kappa shape index (κ1) is 22.1. The van der Waals surface area contributed by atoms with Crippen LogP contribution < -0.4 is 0 Å². The highest BCUT2D eigenvalue weighted by molar-refractivity contribution is 7.99. The highest BCUT2D eigenvalue weighted by Crippen LogP contribution is 2.38. The number of nitriles is 2. The number of aliphatic hydroxyl groups excluding tert-OH is 1. The molecule has 5 rings (SSSR count). The van der Waals surface area contributed by atoms with Gasteiger partial charge < -0.3 is 5.11 Å². The van der Waals surface area contributed by atoms with Gasteiger partial charge in [-0.25, -0.2) is 8.91 Å². The number of hydrogen-bond donors (Lipinski definition) is 1. The molecule has 1 aliphatic carbocycles. The maximum Gasteiger partial charge on any atom is 0.124 e. The van der Waals surface area contributed by atoms with E-state index in [9.17, 15) is 20.0 Å². The number of rotatable bonds is 4. The lowest BCUT2D eigenvalue weighted by atomic mass is 9.92. The number of fused-ring (bicyclic) bond motifs is 1. The van der Waals surface area contributed by atoms with E-state index in [0.717, 1.165) is 47.4 Å². The van der Waals surface area contributed by atoms with Gasteiger partial charge in [-0.2, -0.15) is 20.7 Å². The Morgan fingerprint density at radius 3 is 2.62 bits per heavy atom. The normalized spacial score (nSPS) is 18.0. The van der Waals surface area contributed by atoms with Gasteiger partial charge in [0.1, 0.15) is 18.0 Å². The Bertz CT molecular complexity index is 1480. The second kappa shape index (κ2) is 8.94. The maximum absolute atomic E-state index is 13.7. The van der Waals surface area contributed by atoms with E-state index in [2.05, 4.69) is 16.3 Å². The van der Waals surface area contributed by atoms with Gasteiger partial charge in [0.15, 0.2) is 0 Å². The van der Waals surface area contributed by atoms with Crippen molar-refractivity contribution in [2.75, 3.05) is 0 Å². The van der Waals surface area contributed by atoms with Crippen LogP contribution in [0.5, 0.6) is 0 Å². The SMILES string of the molecule is Cc1c(-c2cc(Sc3ccc(F)cc3C#N)c3c(C#N)cnn3c2)cnn1[C@H]1CCCC[C@@H]1O. The lowest BCUT2D eigenvalue weighted by Gasteiger charge is -2.28. The standard InChI is InChI=1S/C25H21FN6OS/c1-15-20(13-30-32(15)21-4-2-3-5-22(21)33)17-9-24(25-18(11-28)12-29-31(25)14-17)34-23-7-6-19(26)8-16(23)10-27/h6-9,12-14,21-22,33H,2-5H2,1H3/t21-,22-/m0/s1. The van der Waals surface area contributed by atoms with Crippen molar-refractivity contribution in [3.8, 4) is 23.3 Å². The van der Waals surface area contributed by atoms with Crippen molar-refractivity contribution >= 4 is 17.3 Å². The van der Waals surface area contributed by atoms with Gasteiger partial charge in [0.05, 0.1) is 41.2 Å². The van der Waals surface area contributed by atoms with Crippen LogP contribution in [-0.4, -0.2) is 30.6 Å². The van der Waals surface area contributed by atoms with Gasteiger partial charge in [-0.05, 0) is 44.0 Å². The number of aliphatic hydroxyl groups is 1. The molecule has 0 spiro atoms. The van der Waals surface area contributed by atoms with Crippen LogP contribution in [0.4, 0.5) is 4.39 Å². The Morgan fingerprint density at radius 1 is 1.06 bits per heavy atom. The molecule has 4 aromatic rings. The van der Waals surface area contributed by atoms with E-state index in [0.29, 0.717) is 16.0 Å². The Balaban J connectivity index is 1.62. The predicted molar refractivity (Wildman–Crippen MR) is 125 cm³/mol. The third-order valence-electron chi connectivity index (χ3n) is 6.34. The molecule has 0 radical (unpaired) electrons. The van der Waals surface area contributed by atoms with Crippen molar-refractivity contribution in [1.29, 1.82) is 10.5 Å². The lowest BCUT2D eigenvalue weighted by molar-refractivity contribution is 0.0684. The molecule has 0 unspecified atom stereocenters. The van der Waals surface area contributed by atoms with Crippen molar-refractivity contribution in [3.63, 3.8) is 0 Å². The molecule has 1 aromatic carbocycles. The topological polar surface area (TPSA) is 103 Å². The third kappa shape index (κ3) is 3.83. The van der Waals surface area contributed by atoms with Crippen molar-refractivity contribution < 1.29 is 9.50 Å². The van der Waals surface area contributed by atoms with Crippen LogP contribution in [0.15, 0.2) is 52.6 Å². The van der Waals surface area contributed by atoms with Crippen molar-refractivity contribution in [2.24, 2.45) is 0 Å². The van der Waals surface area contributed by atoms with E-state index >= 15 is 0 Å². The summed E-state index contributed by atoms with van der Waals surface area (Å²) in [6, 6.07) is 10.2. The van der Waals surface area contributed by atoms with E-state index in [1.807, 2.05) is 29.9 Å². The van der Waals surface area contributed by atoms with Crippen LogP contribution in [0.1, 0.15) is 48.5 Å². The lowest BCUT2D eigenvalue weighted by Crippen LogP contribution is -2.28. The predicted octanol–water partition coefficient (Wildman–Crippen LogP) is 5.02. The summed E-state index contributed by atoms with van der Waals surface area (Å²) >= 11 is 1.29. The summed E-state index contributed by atoms with van der Waals surface area (Å²) < 4.78 is 17.2. The first-order valence-corrected chi connectivity index (χ1v) is 11.8. The van der Waals surface area contributed by atoms with Gasteiger partial charge in [-0.15, -0.1) is 0 Å². The molecule has 1 fully saturated rings. The summed E-state index contributed by atoms with van der Waals surface area (Å²) in [5, 5.41) is 38.6. The maximum atomic E-state index is 13.7. The summed E-state index contributed by atoms with van der Waals surface area (Å²) in [6.07, 6.45) is 8.48. The number of halogens is 1. The molecule has 2 atom stereocenters. The summed E-state index contributed by atoms with van der Waals surface area (Å²) in [6.45, 7) is 1.98. The zero-order chi connectivity index (χ0) is 23.8. The fraction of sp³-hybridized carbons (Fsp3) is 0.280. The van der Waals surface area contributed by atoms with Crippen LogP contribution in [0.25, 0.3) is 16.6 Å². The van der Waals surface area contributed by atoms with Gasteiger partial charge in [0.25, 0.3) is 0 Å². The second-order valence-electron chi connectivity index (χ2n) is 8.42. The molecule has 3 heterocycles. The van der Waals surface area contributed by atoms with Crippen molar-refractivity contribution in [1.82, 2.24) is 19.4 Å². The molecule has 7 nitrogen and oxygen atoms in total. The molecular weight excluding hydrogens is 451 g/mol. The molecule has 170 valence electrons. The average Bonchev–Trinajstić information content (AvgIpc) is 3.43. The molecule has 3 aromatic heterocycles. The van der Waals surface area contributed by atoms with Crippen LogP contribution in [0.3, 0.4) is 0 Å². The van der Waals surface area contributed by atoms with Crippen molar-refractivity contribution in [3.05, 3.63) is 65.5 Å². The van der Waals surface area contributed by atoms with Crippen molar-refractivity contribution in [2.45, 2.75) is 54.5 Å². The summed E-state index contributed by atoms with van der Waals surface area (Å²) in [7, 11) is 0. The Morgan fingerprint density at radius 2 is 1.85 bits per heavy atom. The van der Waals surface area contributed by atoms with Crippen LogP contribution in [0.2, 0.25) is 0 Å².